The van der Waals surface area contributed by atoms with E-state index < -0.39 is 0 Å². The summed E-state index contributed by atoms with van der Waals surface area (Å²) in [7, 11) is 0. The Balaban J connectivity index is 2.52. The summed E-state index contributed by atoms with van der Waals surface area (Å²) in [6, 6.07) is 4.96. The number of rotatable bonds is 1. The van der Waals surface area contributed by atoms with Gasteiger partial charge in [-0.05, 0) is 18.9 Å². The predicted octanol–water partition coefficient (Wildman–Crippen LogP) is 1.92. The minimum Gasteiger partial charge on any atom is -0.493 e. The molecule has 0 unspecified atom stereocenters. The first-order chi connectivity index (χ1) is 6.29. The zero-order chi connectivity index (χ0) is 9.26. The molecule has 0 amide bonds. The first-order valence-corrected chi connectivity index (χ1v) is 4.18. The van der Waals surface area contributed by atoms with E-state index in [9.17, 15) is 10.1 Å². The number of ether oxygens (including phenoxy) is 1. The molecule has 4 heteroatoms. The minimum absolute atomic E-state index is 0.178. The summed E-state index contributed by atoms with van der Waals surface area (Å²) in [6.45, 7) is 0.661. The van der Waals surface area contributed by atoms with E-state index in [4.69, 9.17) is 4.74 Å². The van der Waals surface area contributed by atoms with Crippen LogP contribution in [0.25, 0.3) is 0 Å². The van der Waals surface area contributed by atoms with Crippen LogP contribution in [-0.2, 0) is 6.42 Å². The van der Waals surface area contributed by atoms with Gasteiger partial charge in [0.15, 0.2) is 0 Å². The standard InChI is InChI=1S/C9H9NO3/c11-10(12)8-4-1-5-9-7(8)3-2-6-13-9/h1,4-5H,2-3,6H2. The summed E-state index contributed by atoms with van der Waals surface area (Å²) in [6.07, 6.45) is 1.60. The van der Waals surface area contributed by atoms with Gasteiger partial charge in [-0.2, -0.15) is 0 Å². The zero-order valence-electron chi connectivity index (χ0n) is 7.03. The van der Waals surface area contributed by atoms with Crippen LogP contribution in [0.1, 0.15) is 12.0 Å². The van der Waals surface area contributed by atoms with Crippen molar-refractivity contribution >= 4 is 5.69 Å². The number of nitro groups is 1. The van der Waals surface area contributed by atoms with Crippen LogP contribution >= 0.6 is 0 Å². The van der Waals surface area contributed by atoms with Gasteiger partial charge in [0.2, 0.25) is 0 Å². The Bertz CT molecular complexity index is 349. The Morgan fingerprint density at radius 1 is 1.46 bits per heavy atom. The van der Waals surface area contributed by atoms with Crippen LogP contribution in [0, 0.1) is 10.1 Å². The van der Waals surface area contributed by atoms with E-state index in [1.54, 1.807) is 12.1 Å². The van der Waals surface area contributed by atoms with E-state index in [0.29, 0.717) is 12.4 Å². The van der Waals surface area contributed by atoms with Gasteiger partial charge in [0.25, 0.3) is 5.69 Å². The molecular formula is C9H9NO3. The van der Waals surface area contributed by atoms with Crippen LogP contribution in [0.5, 0.6) is 5.75 Å². The maximum Gasteiger partial charge on any atom is 0.276 e. The van der Waals surface area contributed by atoms with Crippen LogP contribution in [-0.4, -0.2) is 11.5 Å². The van der Waals surface area contributed by atoms with E-state index in [2.05, 4.69) is 0 Å². The Labute approximate surface area is 75.3 Å². The van der Waals surface area contributed by atoms with Crippen molar-refractivity contribution in [2.24, 2.45) is 0 Å². The predicted molar refractivity (Wildman–Crippen MR) is 46.9 cm³/mol. The molecule has 0 saturated carbocycles. The van der Waals surface area contributed by atoms with Gasteiger partial charge in [0.05, 0.1) is 17.1 Å². The average Bonchev–Trinajstić information content (AvgIpc) is 2.17. The number of nitrogens with zero attached hydrogens (tertiary/aromatic N) is 1. The lowest BCUT2D eigenvalue weighted by molar-refractivity contribution is -0.385. The molecule has 4 nitrogen and oxygen atoms in total. The second-order valence-electron chi connectivity index (χ2n) is 2.96. The van der Waals surface area contributed by atoms with Crippen molar-refractivity contribution in [1.29, 1.82) is 0 Å². The third-order valence-corrected chi connectivity index (χ3v) is 2.13. The molecule has 0 aliphatic carbocycles. The van der Waals surface area contributed by atoms with Crippen LogP contribution in [0.15, 0.2) is 18.2 Å². The molecule has 13 heavy (non-hydrogen) atoms. The summed E-state index contributed by atoms with van der Waals surface area (Å²) in [5, 5.41) is 10.6. The third-order valence-electron chi connectivity index (χ3n) is 2.13. The monoisotopic (exact) mass is 179 g/mol. The molecule has 0 bridgehead atoms. The number of nitro benzene ring substituents is 1. The molecule has 68 valence electrons. The Kier molecular flexibility index (Phi) is 1.88. The van der Waals surface area contributed by atoms with Gasteiger partial charge in [-0.15, -0.1) is 0 Å². The van der Waals surface area contributed by atoms with Crippen molar-refractivity contribution in [2.75, 3.05) is 6.61 Å². The highest BCUT2D eigenvalue weighted by molar-refractivity contribution is 5.50. The molecule has 0 spiro atoms. The molecule has 0 fully saturated rings. The largest absolute Gasteiger partial charge is 0.493 e. The minimum atomic E-state index is -0.354. The van der Waals surface area contributed by atoms with Gasteiger partial charge in [-0.3, -0.25) is 10.1 Å². The quantitative estimate of drug-likeness (QED) is 0.488. The number of hydrogen-bond acceptors (Lipinski definition) is 3. The molecule has 2 rings (SSSR count). The number of benzene rings is 1. The molecular weight excluding hydrogens is 170 g/mol. The average molecular weight is 179 g/mol. The molecule has 1 heterocycles. The van der Waals surface area contributed by atoms with E-state index in [-0.39, 0.29) is 10.6 Å². The van der Waals surface area contributed by atoms with Crippen molar-refractivity contribution in [3.63, 3.8) is 0 Å². The van der Waals surface area contributed by atoms with Crippen molar-refractivity contribution < 1.29 is 9.66 Å². The molecule has 1 aliphatic rings. The van der Waals surface area contributed by atoms with Gasteiger partial charge >= 0.3 is 0 Å². The Morgan fingerprint density at radius 3 is 3.08 bits per heavy atom. The lowest BCUT2D eigenvalue weighted by Gasteiger charge is -2.16. The first kappa shape index (κ1) is 8.04. The van der Waals surface area contributed by atoms with E-state index in [1.165, 1.54) is 6.07 Å². The topological polar surface area (TPSA) is 52.4 Å². The van der Waals surface area contributed by atoms with Crippen molar-refractivity contribution in [2.45, 2.75) is 12.8 Å². The molecule has 1 aromatic rings. The van der Waals surface area contributed by atoms with Gasteiger partial charge in [-0.25, -0.2) is 0 Å². The fourth-order valence-electron chi connectivity index (χ4n) is 1.54. The normalized spacial score (nSPS) is 14.5. The molecule has 0 radical (unpaired) electrons. The first-order valence-electron chi connectivity index (χ1n) is 4.18. The van der Waals surface area contributed by atoms with Gasteiger partial charge in [0, 0.05) is 6.07 Å². The summed E-state index contributed by atoms with van der Waals surface area (Å²) in [5.74, 6) is 0.667. The van der Waals surface area contributed by atoms with Crippen LogP contribution in [0.3, 0.4) is 0 Å². The van der Waals surface area contributed by atoms with Gasteiger partial charge < -0.3 is 4.74 Å². The molecule has 0 aromatic heterocycles. The Morgan fingerprint density at radius 2 is 2.31 bits per heavy atom. The highest BCUT2D eigenvalue weighted by atomic mass is 16.6. The molecule has 1 aliphatic heterocycles. The molecule has 1 aromatic carbocycles. The zero-order valence-corrected chi connectivity index (χ0v) is 7.03. The van der Waals surface area contributed by atoms with Crippen molar-refractivity contribution in [3.8, 4) is 5.75 Å². The van der Waals surface area contributed by atoms with Crippen molar-refractivity contribution in [3.05, 3.63) is 33.9 Å². The SMILES string of the molecule is O=[N+]([O-])c1cccc2c1CCCO2. The maximum atomic E-state index is 10.6. The summed E-state index contributed by atoms with van der Waals surface area (Å²) < 4.78 is 5.31. The van der Waals surface area contributed by atoms with Crippen LogP contribution < -0.4 is 4.74 Å². The smallest absolute Gasteiger partial charge is 0.276 e. The number of fused-ring (bicyclic) bond motifs is 1. The Hall–Kier alpha value is -1.58. The summed E-state index contributed by atoms with van der Waals surface area (Å²) in [4.78, 5) is 10.3. The summed E-state index contributed by atoms with van der Waals surface area (Å²) in [5.41, 5.74) is 0.913. The second-order valence-corrected chi connectivity index (χ2v) is 2.96. The lowest BCUT2D eigenvalue weighted by Crippen LogP contribution is -2.10. The fourth-order valence-corrected chi connectivity index (χ4v) is 1.54. The molecule has 0 N–H and O–H groups in total. The highest BCUT2D eigenvalue weighted by Crippen LogP contribution is 2.31. The van der Waals surface area contributed by atoms with Crippen molar-refractivity contribution in [1.82, 2.24) is 0 Å². The van der Waals surface area contributed by atoms with E-state index >= 15 is 0 Å². The van der Waals surface area contributed by atoms with Crippen LogP contribution in [0.4, 0.5) is 5.69 Å². The van der Waals surface area contributed by atoms with Crippen LogP contribution in [0.2, 0.25) is 0 Å². The van der Waals surface area contributed by atoms with Gasteiger partial charge in [0.1, 0.15) is 5.75 Å². The van der Waals surface area contributed by atoms with Gasteiger partial charge in [-0.1, -0.05) is 6.07 Å². The maximum absolute atomic E-state index is 10.6. The van der Waals surface area contributed by atoms with E-state index in [0.717, 1.165) is 18.4 Å². The highest BCUT2D eigenvalue weighted by Gasteiger charge is 2.20. The fraction of sp³-hybridized carbons (Fsp3) is 0.333. The molecule has 0 saturated heterocycles. The lowest BCUT2D eigenvalue weighted by atomic mass is 10.0. The number of hydrogen-bond donors (Lipinski definition) is 0. The third kappa shape index (κ3) is 1.35. The van der Waals surface area contributed by atoms with E-state index in [1.807, 2.05) is 0 Å². The molecule has 0 atom stereocenters. The summed E-state index contributed by atoms with van der Waals surface area (Å²) >= 11 is 0. The second kappa shape index (κ2) is 3.05.